The molecule has 7 heteroatoms. The van der Waals surface area contributed by atoms with Crippen molar-refractivity contribution in [3.63, 3.8) is 0 Å². The number of hydrogen-bond acceptors (Lipinski definition) is 6. The molecule has 0 unspecified atom stereocenters. The van der Waals surface area contributed by atoms with Crippen LogP contribution in [0, 0.1) is 10.1 Å². The van der Waals surface area contributed by atoms with Crippen LogP contribution in [-0.2, 0) is 6.42 Å². The lowest BCUT2D eigenvalue weighted by atomic mass is 10.1. The average Bonchev–Trinajstić information content (AvgIpc) is 3.09. The summed E-state index contributed by atoms with van der Waals surface area (Å²) in [5.41, 5.74) is 1.93. The Kier molecular flexibility index (Phi) is 4.36. The van der Waals surface area contributed by atoms with Gasteiger partial charge in [0.05, 0.1) is 4.92 Å². The first-order valence-electron chi connectivity index (χ1n) is 7.79. The van der Waals surface area contributed by atoms with Crippen molar-refractivity contribution in [1.29, 1.82) is 0 Å². The molecule has 120 valence electrons. The molecule has 3 rings (SSSR count). The molecule has 0 aliphatic carbocycles. The summed E-state index contributed by atoms with van der Waals surface area (Å²) in [6.07, 6.45) is 4.39. The molecule has 1 aliphatic rings. The topological polar surface area (TPSA) is 84.2 Å². The largest absolute Gasteiger partial charge is 0.353 e. The van der Waals surface area contributed by atoms with Crippen LogP contribution < -0.4 is 10.2 Å². The van der Waals surface area contributed by atoms with Gasteiger partial charge in [0.15, 0.2) is 0 Å². The summed E-state index contributed by atoms with van der Waals surface area (Å²) in [7, 11) is 0. The lowest BCUT2D eigenvalue weighted by Gasteiger charge is -2.17. The van der Waals surface area contributed by atoms with Crippen LogP contribution in [0.1, 0.15) is 25.3 Å². The summed E-state index contributed by atoms with van der Waals surface area (Å²) < 4.78 is 0. The average molecular weight is 313 g/mol. The third-order valence-electron chi connectivity index (χ3n) is 4.02. The van der Waals surface area contributed by atoms with Crippen LogP contribution in [0.25, 0.3) is 0 Å². The number of aromatic nitrogens is 2. The highest BCUT2D eigenvalue weighted by molar-refractivity contribution is 5.74. The van der Waals surface area contributed by atoms with Crippen molar-refractivity contribution in [3.8, 4) is 0 Å². The van der Waals surface area contributed by atoms with E-state index in [9.17, 15) is 10.1 Å². The van der Waals surface area contributed by atoms with Gasteiger partial charge < -0.3 is 10.2 Å². The van der Waals surface area contributed by atoms with Crippen molar-refractivity contribution < 1.29 is 4.92 Å². The van der Waals surface area contributed by atoms with Gasteiger partial charge in [0, 0.05) is 18.8 Å². The zero-order chi connectivity index (χ0) is 16.2. The highest BCUT2D eigenvalue weighted by Gasteiger charge is 2.28. The van der Waals surface area contributed by atoms with Gasteiger partial charge in [-0.05, 0) is 37.0 Å². The van der Waals surface area contributed by atoms with Crippen molar-refractivity contribution in [2.24, 2.45) is 0 Å². The maximum Gasteiger partial charge on any atom is 0.353 e. The lowest BCUT2D eigenvalue weighted by molar-refractivity contribution is -0.383. The van der Waals surface area contributed by atoms with E-state index in [1.54, 1.807) is 0 Å². The Morgan fingerprint density at radius 2 is 1.91 bits per heavy atom. The molecule has 0 spiro atoms. The molecule has 1 aromatic heterocycles. The molecular weight excluding hydrogens is 294 g/mol. The first-order valence-corrected chi connectivity index (χ1v) is 7.79. The van der Waals surface area contributed by atoms with Crippen LogP contribution in [0.3, 0.4) is 0 Å². The molecule has 0 radical (unpaired) electrons. The second kappa shape index (κ2) is 6.60. The molecule has 1 aromatic carbocycles. The lowest BCUT2D eigenvalue weighted by Crippen LogP contribution is -2.21. The van der Waals surface area contributed by atoms with Crippen molar-refractivity contribution in [2.45, 2.75) is 26.2 Å². The van der Waals surface area contributed by atoms with E-state index in [-0.39, 0.29) is 11.5 Å². The van der Waals surface area contributed by atoms with Gasteiger partial charge in [-0.1, -0.05) is 19.1 Å². The van der Waals surface area contributed by atoms with E-state index in [0.29, 0.717) is 5.82 Å². The van der Waals surface area contributed by atoms with Gasteiger partial charge in [-0.3, -0.25) is 10.1 Å². The third-order valence-corrected chi connectivity index (χ3v) is 4.02. The van der Waals surface area contributed by atoms with E-state index < -0.39 is 4.92 Å². The summed E-state index contributed by atoms with van der Waals surface area (Å²) in [6, 6.07) is 7.80. The molecule has 1 saturated heterocycles. The smallest absolute Gasteiger partial charge is 0.351 e. The summed E-state index contributed by atoms with van der Waals surface area (Å²) >= 11 is 0. The van der Waals surface area contributed by atoms with Gasteiger partial charge in [-0.2, -0.15) is 0 Å². The number of nitrogens with one attached hydrogen (secondary N) is 1. The normalized spacial score (nSPS) is 14.0. The third kappa shape index (κ3) is 3.23. The maximum atomic E-state index is 11.5. The molecular formula is C16H19N5O2. The highest BCUT2D eigenvalue weighted by atomic mass is 16.6. The predicted octanol–water partition coefficient (Wildman–Crippen LogP) is 3.29. The fourth-order valence-corrected chi connectivity index (χ4v) is 2.75. The highest BCUT2D eigenvalue weighted by Crippen LogP contribution is 2.34. The predicted molar refractivity (Wildman–Crippen MR) is 89.2 cm³/mol. The van der Waals surface area contributed by atoms with Crippen LogP contribution in [-0.4, -0.2) is 28.0 Å². The molecule has 2 aromatic rings. The molecule has 7 nitrogen and oxygen atoms in total. The fraction of sp³-hybridized carbons (Fsp3) is 0.375. The number of rotatable bonds is 5. The Hall–Kier alpha value is -2.70. The Balaban J connectivity index is 1.94. The number of nitrogens with zero attached hydrogens (tertiary/aromatic N) is 4. The van der Waals surface area contributed by atoms with Crippen molar-refractivity contribution >= 4 is 23.0 Å². The van der Waals surface area contributed by atoms with Gasteiger partial charge in [0.25, 0.3) is 0 Å². The van der Waals surface area contributed by atoms with Gasteiger partial charge in [-0.15, -0.1) is 0 Å². The first kappa shape index (κ1) is 15.2. The van der Waals surface area contributed by atoms with E-state index in [1.807, 2.05) is 29.2 Å². The minimum absolute atomic E-state index is 0.0611. The molecule has 23 heavy (non-hydrogen) atoms. The number of aryl methyl sites for hydroxylation is 1. The van der Waals surface area contributed by atoms with Gasteiger partial charge >= 0.3 is 5.69 Å². The van der Waals surface area contributed by atoms with E-state index in [0.717, 1.165) is 38.0 Å². The van der Waals surface area contributed by atoms with Crippen LogP contribution in [0.4, 0.5) is 23.0 Å². The number of hydrogen-bond donors (Lipinski definition) is 1. The Labute approximate surface area is 134 Å². The number of nitro groups is 1. The minimum Gasteiger partial charge on any atom is -0.351 e. The van der Waals surface area contributed by atoms with Crippen LogP contribution in [0.5, 0.6) is 0 Å². The molecule has 1 fully saturated rings. The SMILES string of the molecule is CCc1ccc(Nc2ncnc(N3CCCC3)c2[N+](=O)[O-])cc1. The summed E-state index contributed by atoms with van der Waals surface area (Å²) in [5.74, 6) is 0.631. The molecule has 1 aliphatic heterocycles. The van der Waals surface area contributed by atoms with Gasteiger partial charge in [0.1, 0.15) is 6.33 Å². The Morgan fingerprint density at radius 1 is 1.22 bits per heavy atom. The quantitative estimate of drug-likeness (QED) is 0.673. The molecule has 0 atom stereocenters. The summed E-state index contributed by atoms with van der Waals surface area (Å²) in [6.45, 7) is 3.67. The molecule has 1 N–H and O–H groups in total. The second-order valence-corrected chi connectivity index (χ2v) is 5.52. The summed E-state index contributed by atoms with van der Waals surface area (Å²) in [4.78, 5) is 21.3. The molecule has 0 amide bonds. The fourth-order valence-electron chi connectivity index (χ4n) is 2.75. The maximum absolute atomic E-state index is 11.5. The van der Waals surface area contributed by atoms with Crippen LogP contribution >= 0.6 is 0 Å². The van der Waals surface area contributed by atoms with Crippen molar-refractivity contribution in [3.05, 3.63) is 46.3 Å². The molecule has 0 bridgehead atoms. The standard InChI is InChI=1S/C16H19N5O2/c1-2-12-5-7-13(8-6-12)19-15-14(21(22)23)16(18-11-17-15)20-9-3-4-10-20/h5-8,11H,2-4,9-10H2,1H3,(H,17,18,19). The Bertz CT molecular complexity index is 696. The molecule has 0 saturated carbocycles. The number of anilines is 3. The zero-order valence-electron chi connectivity index (χ0n) is 13.0. The second-order valence-electron chi connectivity index (χ2n) is 5.52. The van der Waals surface area contributed by atoms with E-state index in [2.05, 4.69) is 22.2 Å². The van der Waals surface area contributed by atoms with E-state index in [1.165, 1.54) is 11.9 Å². The van der Waals surface area contributed by atoms with Crippen LogP contribution in [0.15, 0.2) is 30.6 Å². The van der Waals surface area contributed by atoms with Gasteiger partial charge in [0.2, 0.25) is 11.6 Å². The van der Waals surface area contributed by atoms with E-state index in [4.69, 9.17) is 0 Å². The first-order chi connectivity index (χ1) is 11.2. The zero-order valence-corrected chi connectivity index (χ0v) is 13.0. The molecule has 2 heterocycles. The van der Waals surface area contributed by atoms with Crippen molar-refractivity contribution in [1.82, 2.24) is 9.97 Å². The Morgan fingerprint density at radius 3 is 2.52 bits per heavy atom. The summed E-state index contributed by atoms with van der Waals surface area (Å²) in [5, 5.41) is 14.6. The van der Waals surface area contributed by atoms with Crippen LogP contribution in [0.2, 0.25) is 0 Å². The number of benzene rings is 1. The minimum atomic E-state index is -0.406. The van der Waals surface area contributed by atoms with Crippen molar-refractivity contribution in [2.75, 3.05) is 23.3 Å². The van der Waals surface area contributed by atoms with Gasteiger partial charge in [-0.25, -0.2) is 9.97 Å². The monoisotopic (exact) mass is 313 g/mol. The van der Waals surface area contributed by atoms with E-state index >= 15 is 0 Å².